The van der Waals surface area contributed by atoms with Gasteiger partial charge in [-0.3, -0.25) is 14.5 Å². The van der Waals surface area contributed by atoms with Crippen molar-refractivity contribution in [2.45, 2.75) is 12.5 Å². The van der Waals surface area contributed by atoms with E-state index in [0.717, 1.165) is 4.90 Å². The zero-order chi connectivity index (χ0) is 23.4. The van der Waals surface area contributed by atoms with Crippen molar-refractivity contribution in [3.05, 3.63) is 0 Å². The van der Waals surface area contributed by atoms with Crippen molar-refractivity contribution in [2.24, 2.45) is 0 Å². The highest BCUT2D eigenvalue weighted by Crippen LogP contribution is 2.18. The summed E-state index contributed by atoms with van der Waals surface area (Å²) < 4.78 is 15.5. The van der Waals surface area contributed by atoms with Gasteiger partial charge in [0.2, 0.25) is 0 Å². The molecule has 0 spiro atoms. The van der Waals surface area contributed by atoms with E-state index in [9.17, 15) is 29.4 Å². The summed E-state index contributed by atoms with van der Waals surface area (Å²) in [6.45, 7) is -2.26. The minimum atomic E-state index is -2.96. The van der Waals surface area contributed by atoms with Gasteiger partial charge in [-0.05, 0) is 0 Å². The fraction of sp³-hybridized carbons (Fsp3) is 0.750. The van der Waals surface area contributed by atoms with Crippen LogP contribution in [0.1, 0.15) is 6.42 Å². The second-order valence-corrected chi connectivity index (χ2v) is 9.88. The lowest BCUT2D eigenvalue weighted by Crippen LogP contribution is -2.58. The van der Waals surface area contributed by atoms with E-state index < -0.39 is 63.3 Å². The molecule has 0 atom stereocenters. The Balaban J connectivity index is 5.52. The van der Waals surface area contributed by atoms with E-state index in [0.29, 0.717) is 12.5 Å². The number of hydrogen-bond acceptors (Lipinski definition) is 8. The van der Waals surface area contributed by atoms with Crippen LogP contribution >= 0.6 is 0 Å². The third kappa shape index (κ3) is 10.6. The van der Waals surface area contributed by atoms with Gasteiger partial charge in [-0.15, -0.1) is 0 Å². The Morgan fingerprint density at radius 3 is 1.53 bits per heavy atom. The molecule has 0 aliphatic carbocycles. The molecule has 13 nitrogen and oxygen atoms in total. The molecule has 0 saturated carbocycles. The lowest BCUT2D eigenvalue weighted by molar-refractivity contribution is -0.914. The Morgan fingerprint density at radius 2 is 1.20 bits per heavy atom. The molecule has 174 valence electrons. The molecule has 0 amide bonds. The normalized spacial score (nSPS) is 12.1. The molecule has 0 unspecified atom stereocenters. The number of nitrogens with zero attached hydrogens (tertiary/aromatic N) is 2. The lowest BCUT2D eigenvalue weighted by Gasteiger charge is -2.37. The third-order valence-electron chi connectivity index (χ3n) is 4.60. The van der Waals surface area contributed by atoms with E-state index in [1.807, 2.05) is 0 Å². The van der Waals surface area contributed by atoms with Crippen LogP contribution in [0.15, 0.2) is 0 Å². The summed E-state index contributed by atoms with van der Waals surface area (Å²) in [5, 5.41) is 36.6. The first kappa shape index (κ1) is 27.9. The Kier molecular flexibility index (Phi) is 12.3. The zero-order valence-electron chi connectivity index (χ0n) is 17.4. The van der Waals surface area contributed by atoms with E-state index in [2.05, 4.69) is 0 Å². The molecule has 0 bridgehead atoms. The molecular formula is C16H31N2O11Si+. The highest BCUT2D eigenvalue weighted by Gasteiger charge is 2.40. The maximum atomic E-state index is 11.4. The molecule has 0 aromatic rings. The van der Waals surface area contributed by atoms with Crippen LogP contribution in [-0.2, 0) is 32.5 Å². The number of quaternary nitrogens is 1. The molecular weight excluding hydrogens is 424 g/mol. The molecule has 14 heteroatoms. The second-order valence-electron chi connectivity index (χ2n) is 6.79. The van der Waals surface area contributed by atoms with Gasteiger partial charge in [-0.2, -0.15) is 0 Å². The smallest absolute Gasteiger partial charge is 0.480 e. The first-order valence-corrected chi connectivity index (χ1v) is 11.0. The van der Waals surface area contributed by atoms with Crippen molar-refractivity contribution in [3.8, 4) is 0 Å². The Bertz CT molecular complexity index is 557. The van der Waals surface area contributed by atoms with Crippen molar-refractivity contribution in [1.29, 1.82) is 0 Å². The summed E-state index contributed by atoms with van der Waals surface area (Å²) >= 11 is 0. The molecule has 0 rings (SSSR count). The fourth-order valence-electron chi connectivity index (χ4n) is 3.20. The van der Waals surface area contributed by atoms with Crippen LogP contribution in [0.5, 0.6) is 0 Å². The number of hydrogen-bond donors (Lipinski definition) is 4. The molecule has 4 N–H and O–H groups in total. The number of carboxylic acid groups (broad SMARTS) is 4. The van der Waals surface area contributed by atoms with Gasteiger partial charge in [-0.25, -0.2) is 9.59 Å². The molecule has 0 aromatic heterocycles. The summed E-state index contributed by atoms with van der Waals surface area (Å²) in [4.78, 5) is 46.0. The minimum absolute atomic E-state index is 0.0688. The summed E-state index contributed by atoms with van der Waals surface area (Å²) in [7, 11) is 1.31. The second kappa shape index (κ2) is 13.3. The highest BCUT2D eigenvalue weighted by atomic mass is 28.4. The Morgan fingerprint density at radius 1 is 0.767 bits per heavy atom. The zero-order valence-corrected chi connectivity index (χ0v) is 18.4. The SMILES string of the molecule is CO[Si](CCC[N+](CCN(CC(=O)O)CC(=O)O)(CC(=O)O)CC(=O)O)(OC)OC. The molecule has 0 saturated heterocycles. The van der Waals surface area contributed by atoms with Crippen LogP contribution in [0, 0.1) is 0 Å². The maximum absolute atomic E-state index is 11.4. The fourth-order valence-corrected chi connectivity index (χ4v) is 4.90. The summed E-state index contributed by atoms with van der Waals surface area (Å²) in [6.07, 6.45) is 0.320. The molecule has 0 fully saturated rings. The van der Waals surface area contributed by atoms with E-state index in [4.69, 9.17) is 23.5 Å². The van der Waals surface area contributed by atoms with Crippen molar-refractivity contribution in [3.63, 3.8) is 0 Å². The third-order valence-corrected chi connectivity index (χ3v) is 7.43. The predicted molar refractivity (Wildman–Crippen MR) is 103 cm³/mol. The van der Waals surface area contributed by atoms with Crippen molar-refractivity contribution in [2.75, 3.05) is 67.1 Å². The van der Waals surface area contributed by atoms with Crippen molar-refractivity contribution >= 4 is 32.7 Å². The van der Waals surface area contributed by atoms with Gasteiger partial charge in [0.05, 0.1) is 26.2 Å². The summed E-state index contributed by atoms with van der Waals surface area (Å²) in [5.41, 5.74) is 0. The molecule has 0 aliphatic heterocycles. The average Bonchev–Trinajstić information content (AvgIpc) is 2.62. The average molecular weight is 456 g/mol. The molecule has 0 radical (unpaired) electrons. The Hall–Kier alpha value is -2.10. The monoisotopic (exact) mass is 455 g/mol. The van der Waals surface area contributed by atoms with Crippen LogP contribution in [0.25, 0.3) is 0 Å². The standard InChI is InChI=1S/C16H30N2O11Si/c1-27-30(28-2,29-3)8-4-6-18(11-15(23)24,12-16(25)26)7-5-17(9-13(19)20)10-14(21)22/h4-12H2,1-3H3,(H3-,19,20,21,22,23,24,25,26)/p+1. The van der Waals surface area contributed by atoms with Gasteiger partial charge in [0.1, 0.15) is 0 Å². The van der Waals surface area contributed by atoms with Crippen molar-refractivity contribution in [1.82, 2.24) is 4.90 Å². The van der Waals surface area contributed by atoms with Gasteiger partial charge in [0.15, 0.2) is 13.1 Å². The summed E-state index contributed by atoms with van der Waals surface area (Å²) in [5.74, 6) is -4.95. The molecule has 30 heavy (non-hydrogen) atoms. The lowest BCUT2D eigenvalue weighted by atomic mass is 10.2. The quantitative estimate of drug-likeness (QED) is 0.142. The van der Waals surface area contributed by atoms with Gasteiger partial charge >= 0.3 is 32.7 Å². The molecule has 0 aliphatic rings. The van der Waals surface area contributed by atoms with Crippen LogP contribution < -0.4 is 0 Å². The largest absolute Gasteiger partial charge is 0.500 e. The van der Waals surface area contributed by atoms with Crippen LogP contribution in [0.2, 0.25) is 6.04 Å². The minimum Gasteiger partial charge on any atom is -0.480 e. The predicted octanol–water partition coefficient (Wildman–Crippen LogP) is -1.29. The van der Waals surface area contributed by atoms with E-state index in [-0.39, 0.29) is 19.6 Å². The van der Waals surface area contributed by atoms with E-state index in [1.165, 1.54) is 21.3 Å². The molecule has 0 aromatic carbocycles. The van der Waals surface area contributed by atoms with Crippen LogP contribution in [0.4, 0.5) is 0 Å². The number of carbonyl (C=O) groups is 4. The maximum Gasteiger partial charge on any atom is 0.500 e. The van der Waals surface area contributed by atoms with Gasteiger partial charge < -0.3 is 38.2 Å². The topological polar surface area (TPSA) is 180 Å². The van der Waals surface area contributed by atoms with Gasteiger partial charge in [-0.1, -0.05) is 0 Å². The summed E-state index contributed by atoms with van der Waals surface area (Å²) in [6, 6.07) is 0.309. The molecule has 0 heterocycles. The van der Waals surface area contributed by atoms with Crippen LogP contribution in [-0.4, -0.2) is 130 Å². The highest BCUT2D eigenvalue weighted by molar-refractivity contribution is 6.60. The number of carboxylic acids is 4. The first-order valence-electron chi connectivity index (χ1n) is 9.03. The van der Waals surface area contributed by atoms with Crippen LogP contribution in [0.3, 0.4) is 0 Å². The van der Waals surface area contributed by atoms with Gasteiger partial charge in [0, 0.05) is 40.3 Å². The van der Waals surface area contributed by atoms with E-state index in [1.54, 1.807) is 0 Å². The first-order chi connectivity index (χ1) is 13.9. The number of aliphatic carboxylic acids is 4. The number of rotatable bonds is 18. The van der Waals surface area contributed by atoms with E-state index >= 15 is 0 Å². The van der Waals surface area contributed by atoms with Gasteiger partial charge in [0.25, 0.3) is 0 Å². The Labute approximate surface area is 175 Å². The van der Waals surface area contributed by atoms with Crippen molar-refractivity contribution < 1.29 is 57.4 Å².